The summed E-state index contributed by atoms with van der Waals surface area (Å²) >= 11 is 0. The molecule has 3 nitrogen and oxygen atoms in total. The van der Waals surface area contributed by atoms with E-state index in [4.69, 9.17) is 4.74 Å². The molecule has 3 heteroatoms. The summed E-state index contributed by atoms with van der Waals surface area (Å²) in [6.07, 6.45) is 9.32. The molecular weight excluding hydrogens is 212 g/mol. The molecule has 3 aliphatic rings. The van der Waals surface area contributed by atoms with Gasteiger partial charge < -0.3 is 10.1 Å². The fourth-order valence-electron chi connectivity index (χ4n) is 3.99. The lowest BCUT2D eigenvalue weighted by Gasteiger charge is -2.33. The van der Waals surface area contributed by atoms with Crippen molar-refractivity contribution in [3.8, 4) is 0 Å². The normalized spacial score (nSPS) is 42.2. The standard InChI is InChI=1S/C14H26N2O/c1-15-14-4-2-3-11(14)7-8-16-9-12-5-6-13(10-16)17-12/h11-15H,2-10H2,1H3. The fraction of sp³-hybridized carbons (Fsp3) is 1.00. The van der Waals surface area contributed by atoms with E-state index in [2.05, 4.69) is 17.3 Å². The Bertz CT molecular complexity index is 247. The SMILES string of the molecule is CNC1CCCC1CCN1CC2CCC(C1)O2. The van der Waals surface area contributed by atoms with E-state index in [0.717, 1.165) is 12.0 Å². The number of ether oxygens (including phenoxy) is 1. The van der Waals surface area contributed by atoms with Crippen LogP contribution in [-0.2, 0) is 4.74 Å². The van der Waals surface area contributed by atoms with E-state index in [0.29, 0.717) is 12.2 Å². The maximum Gasteiger partial charge on any atom is 0.0707 e. The Labute approximate surface area is 105 Å². The first kappa shape index (κ1) is 11.9. The van der Waals surface area contributed by atoms with Gasteiger partial charge in [0.1, 0.15) is 0 Å². The highest BCUT2D eigenvalue weighted by molar-refractivity contribution is 4.87. The number of hydrogen-bond donors (Lipinski definition) is 1. The van der Waals surface area contributed by atoms with E-state index in [9.17, 15) is 0 Å². The van der Waals surface area contributed by atoms with Gasteiger partial charge in [0.05, 0.1) is 12.2 Å². The van der Waals surface area contributed by atoms with Gasteiger partial charge in [0.15, 0.2) is 0 Å². The number of morpholine rings is 1. The molecule has 2 heterocycles. The number of likely N-dealkylation sites (tertiary alicyclic amines) is 1. The first-order chi connectivity index (χ1) is 8.35. The van der Waals surface area contributed by atoms with Gasteiger partial charge >= 0.3 is 0 Å². The third kappa shape index (κ3) is 2.67. The summed E-state index contributed by atoms with van der Waals surface area (Å²) < 4.78 is 5.89. The van der Waals surface area contributed by atoms with Crippen molar-refractivity contribution >= 4 is 0 Å². The van der Waals surface area contributed by atoms with Gasteiger partial charge in [-0.25, -0.2) is 0 Å². The minimum absolute atomic E-state index is 0.553. The second-order valence-corrected chi connectivity index (χ2v) is 6.09. The highest BCUT2D eigenvalue weighted by Gasteiger charge is 2.34. The maximum atomic E-state index is 5.89. The molecule has 0 amide bonds. The van der Waals surface area contributed by atoms with Crippen molar-refractivity contribution in [1.82, 2.24) is 10.2 Å². The summed E-state index contributed by atoms with van der Waals surface area (Å²) in [4.78, 5) is 2.65. The molecule has 0 radical (unpaired) electrons. The zero-order valence-corrected chi connectivity index (χ0v) is 11.0. The van der Waals surface area contributed by atoms with Crippen LogP contribution in [0.4, 0.5) is 0 Å². The van der Waals surface area contributed by atoms with Crippen LogP contribution < -0.4 is 5.32 Å². The molecule has 0 aromatic rings. The van der Waals surface area contributed by atoms with Crippen molar-refractivity contribution in [3.05, 3.63) is 0 Å². The summed E-state index contributed by atoms with van der Waals surface area (Å²) in [5.41, 5.74) is 0. The van der Waals surface area contributed by atoms with Gasteiger partial charge in [-0.3, -0.25) is 4.90 Å². The Balaban J connectivity index is 1.45. The number of nitrogens with one attached hydrogen (secondary N) is 1. The first-order valence-corrected chi connectivity index (χ1v) is 7.40. The number of hydrogen-bond acceptors (Lipinski definition) is 3. The molecule has 1 saturated carbocycles. The molecule has 4 unspecified atom stereocenters. The van der Waals surface area contributed by atoms with Gasteiger partial charge in [-0.05, 0) is 51.6 Å². The molecule has 0 aromatic heterocycles. The van der Waals surface area contributed by atoms with E-state index >= 15 is 0 Å². The van der Waals surface area contributed by atoms with Crippen LogP contribution in [-0.4, -0.2) is 49.8 Å². The lowest BCUT2D eigenvalue weighted by molar-refractivity contribution is -0.0396. The highest BCUT2D eigenvalue weighted by Crippen LogP contribution is 2.30. The molecule has 1 N–H and O–H groups in total. The first-order valence-electron chi connectivity index (χ1n) is 7.40. The highest BCUT2D eigenvalue weighted by atomic mass is 16.5. The molecule has 2 saturated heterocycles. The Morgan fingerprint density at radius 2 is 1.88 bits per heavy atom. The molecule has 17 heavy (non-hydrogen) atoms. The maximum absolute atomic E-state index is 5.89. The van der Waals surface area contributed by atoms with Crippen molar-refractivity contribution in [2.75, 3.05) is 26.7 Å². The third-order valence-electron chi connectivity index (χ3n) is 4.97. The third-order valence-corrected chi connectivity index (χ3v) is 4.97. The zero-order chi connectivity index (χ0) is 11.7. The monoisotopic (exact) mass is 238 g/mol. The number of rotatable bonds is 4. The van der Waals surface area contributed by atoms with E-state index in [1.54, 1.807) is 0 Å². The van der Waals surface area contributed by atoms with E-state index < -0.39 is 0 Å². The molecule has 1 aliphatic carbocycles. The zero-order valence-electron chi connectivity index (χ0n) is 11.0. The Hall–Kier alpha value is -0.120. The van der Waals surface area contributed by atoms with E-state index in [1.165, 1.54) is 58.2 Å². The van der Waals surface area contributed by atoms with Crippen molar-refractivity contribution < 1.29 is 4.74 Å². The molecule has 2 bridgehead atoms. The summed E-state index contributed by atoms with van der Waals surface area (Å²) in [5, 5.41) is 3.49. The van der Waals surface area contributed by atoms with Crippen molar-refractivity contribution in [3.63, 3.8) is 0 Å². The van der Waals surface area contributed by atoms with Crippen molar-refractivity contribution in [1.29, 1.82) is 0 Å². The average Bonchev–Trinajstić information content (AvgIpc) is 2.93. The van der Waals surface area contributed by atoms with Gasteiger partial charge in [-0.2, -0.15) is 0 Å². The topological polar surface area (TPSA) is 24.5 Å². The van der Waals surface area contributed by atoms with Gasteiger partial charge in [0.2, 0.25) is 0 Å². The van der Waals surface area contributed by atoms with Crippen molar-refractivity contribution in [2.45, 2.75) is 56.8 Å². The molecule has 98 valence electrons. The van der Waals surface area contributed by atoms with Crippen LogP contribution in [0.15, 0.2) is 0 Å². The van der Waals surface area contributed by atoms with Crippen LogP contribution in [0, 0.1) is 5.92 Å². The van der Waals surface area contributed by atoms with Crippen LogP contribution in [0.2, 0.25) is 0 Å². The Kier molecular flexibility index (Phi) is 3.69. The molecular formula is C14H26N2O. The average molecular weight is 238 g/mol. The number of fused-ring (bicyclic) bond motifs is 2. The minimum atomic E-state index is 0.553. The van der Waals surface area contributed by atoms with Crippen LogP contribution in [0.3, 0.4) is 0 Å². The molecule has 3 fully saturated rings. The molecule has 2 aliphatic heterocycles. The smallest absolute Gasteiger partial charge is 0.0707 e. The quantitative estimate of drug-likeness (QED) is 0.805. The second kappa shape index (κ2) is 5.25. The van der Waals surface area contributed by atoms with Gasteiger partial charge in [0.25, 0.3) is 0 Å². The summed E-state index contributed by atoms with van der Waals surface area (Å²) in [6.45, 7) is 3.67. The van der Waals surface area contributed by atoms with Gasteiger partial charge in [0, 0.05) is 19.1 Å². The molecule has 4 atom stereocenters. The predicted octanol–water partition coefficient (Wildman–Crippen LogP) is 1.63. The second-order valence-electron chi connectivity index (χ2n) is 6.09. The van der Waals surface area contributed by atoms with Gasteiger partial charge in [-0.15, -0.1) is 0 Å². The molecule has 3 rings (SSSR count). The minimum Gasteiger partial charge on any atom is -0.372 e. The van der Waals surface area contributed by atoms with Crippen LogP contribution in [0.5, 0.6) is 0 Å². The summed E-state index contributed by atoms with van der Waals surface area (Å²) in [5.74, 6) is 0.917. The Morgan fingerprint density at radius 3 is 2.59 bits per heavy atom. The van der Waals surface area contributed by atoms with Crippen LogP contribution in [0.25, 0.3) is 0 Å². The number of nitrogens with zero attached hydrogens (tertiary/aromatic N) is 1. The van der Waals surface area contributed by atoms with Gasteiger partial charge in [-0.1, -0.05) is 6.42 Å². The summed E-state index contributed by atoms with van der Waals surface area (Å²) in [7, 11) is 2.12. The van der Waals surface area contributed by atoms with E-state index in [-0.39, 0.29) is 0 Å². The Morgan fingerprint density at radius 1 is 1.12 bits per heavy atom. The fourth-order valence-corrected chi connectivity index (χ4v) is 3.99. The molecule has 0 spiro atoms. The van der Waals surface area contributed by atoms with E-state index in [1.807, 2.05) is 0 Å². The largest absolute Gasteiger partial charge is 0.372 e. The van der Waals surface area contributed by atoms with Crippen LogP contribution >= 0.6 is 0 Å². The van der Waals surface area contributed by atoms with Crippen LogP contribution in [0.1, 0.15) is 38.5 Å². The predicted molar refractivity (Wildman–Crippen MR) is 69.1 cm³/mol. The van der Waals surface area contributed by atoms with Crippen molar-refractivity contribution in [2.24, 2.45) is 5.92 Å². The summed E-state index contributed by atoms with van der Waals surface area (Å²) in [6, 6.07) is 0.785. The lowest BCUT2D eigenvalue weighted by Crippen LogP contribution is -2.43. The molecule has 0 aromatic carbocycles. The lowest BCUT2D eigenvalue weighted by atomic mass is 9.99.